The van der Waals surface area contributed by atoms with E-state index in [4.69, 9.17) is 15.1 Å². The van der Waals surface area contributed by atoms with Crippen molar-refractivity contribution in [1.82, 2.24) is 0 Å². The van der Waals surface area contributed by atoms with Crippen molar-refractivity contribution >= 4 is 30.7 Å². The molecule has 15 heavy (non-hydrogen) atoms. The van der Waals surface area contributed by atoms with Crippen molar-refractivity contribution in [3.05, 3.63) is 29.6 Å². The summed E-state index contributed by atoms with van der Waals surface area (Å²) in [5, 5.41) is -0.249. The molecular formula is C9H6ClFO3S. The molecule has 0 saturated carbocycles. The molecule has 1 heterocycles. The molecule has 1 aromatic carbocycles. The molecule has 0 bridgehead atoms. The first-order valence-electron chi connectivity index (χ1n) is 4.03. The lowest BCUT2D eigenvalue weighted by Gasteiger charge is -1.91. The minimum absolute atomic E-state index is 0.150. The van der Waals surface area contributed by atoms with Crippen LogP contribution in [0.4, 0.5) is 4.39 Å². The molecule has 3 nitrogen and oxygen atoms in total. The maximum Gasteiger partial charge on any atom is 0.294 e. The van der Waals surface area contributed by atoms with Crippen molar-refractivity contribution in [3.63, 3.8) is 0 Å². The van der Waals surface area contributed by atoms with E-state index in [1.165, 1.54) is 25.1 Å². The lowest BCUT2D eigenvalue weighted by molar-refractivity contribution is 0.483. The van der Waals surface area contributed by atoms with Crippen LogP contribution in [-0.2, 0) is 9.05 Å². The molecule has 1 aromatic heterocycles. The third-order valence-corrected chi connectivity index (χ3v) is 3.33. The molecule has 0 saturated heterocycles. The molecule has 0 aliphatic heterocycles. The van der Waals surface area contributed by atoms with Crippen molar-refractivity contribution < 1.29 is 17.2 Å². The molecule has 0 fully saturated rings. The molecule has 80 valence electrons. The largest absolute Gasteiger partial charge is 0.443 e. The number of rotatable bonds is 1. The second-order valence-electron chi connectivity index (χ2n) is 3.07. The molecule has 0 aliphatic rings. The van der Waals surface area contributed by atoms with Gasteiger partial charge in [0.1, 0.15) is 11.4 Å². The number of hydrogen-bond donors (Lipinski definition) is 0. The van der Waals surface area contributed by atoms with Gasteiger partial charge in [0.2, 0.25) is 5.09 Å². The molecule has 0 radical (unpaired) electrons. The van der Waals surface area contributed by atoms with Crippen molar-refractivity contribution in [2.45, 2.75) is 12.0 Å². The standard InChI is InChI=1S/C9H6ClFO3S/c1-5-8-6(11)3-2-4-7(8)14-9(5)15(10,12)13/h2-4H,1H3. The minimum Gasteiger partial charge on any atom is -0.443 e. The van der Waals surface area contributed by atoms with E-state index in [1.807, 2.05) is 0 Å². The minimum atomic E-state index is -3.97. The molecule has 0 spiro atoms. The molecule has 0 atom stereocenters. The first-order valence-corrected chi connectivity index (χ1v) is 6.34. The predicted octanol–water partition coefficient (Wildman–Crippen LogP) is 2.81. The Morgan fingerprint density at radius 3 is 2.60 bits per heavy atom. The van der Waals surface area contributed by atoms with Gasteiger partial charge < -0.3 is 4.42 Å². The van der Waals surface area contributed by atoms with E-state index in [0.717, 1.165) is 0 Å². The van der Waals surface area contributed by atoms with E-state index in [0.29, 0.717) is 0 Å². The van der Waals surface area contributed by atoms with Gasteiger partial charge >= 0.3 is 0 Å². The molecule has 6 heteroatoms. The van der Waals surface area contributed by atoms with Gasteiger partial charge in [0.05, 0.1) is 5.39 Å². The summed E-state index contributed by atoms with van der Waals surface area (Å²) < 4.78 is 40.5. The van der Waals surface area contributed by atoms with Gasteiger partial charge in [-0.1, -0.05) is 6.07 Å². The zero-order valence-electron chi connectivity index (χ0n) is 7.62. The first-order chi connectivity index (χ1) is 6.91. The second kappa shape index (κ2) is 3.21. The second-order valence-corrected chi connectivity index (χ2v) is 5.53. The van der Waals surface area contributed by atoms with E-state index in [-0.39, 0.29) is 16.5 Å². The quantitative estimate of drug-likeness (QED) is 0.729. The molecule has 2 rings (SSSR count). The fraction of sp³-hybridized carbons (Fsp3) is 0.111. The van der Waals surface area contributed by atoms with Gasteiger partial charge in [-0.3, -0.25) is 0 Å². The van der Waals surface area contributed by atoms with Crippen LogP contribution >= 0.6 is 10.7 Å². The van der Waals surface area contributed by atoms with Gasteiger partial charge in [0, 0.05) is 16.2 Å². The number of halogens is 2. The molecule has 0 N–H and O–H groups in total. The highest BCUT2D eigenvalue weighted by Crippen LogP contribution is 2.31. The maximum atomic E-state index is 13.4. The third-order valence-electron chi connectivity index (χ3n) is 2.08. The fourth-order valence-corrected chi connectivity index (χ4v) is 2.56. The van der Waals surface area contributed by atoms with Gasteiger partial charge in [-0.05, 0) is 19.1 Å². The zero-order chi connectivity index (χ0) is 11.2. The lowest BCUT2D eigenvalue weighted by Crippen LogP contribution is -1.89. The SMILES string of the molecule is Cc1c(S(=O)(=O)Cl)oc2cccc(F)c12. The van der Waals surface area contributed by atoms with Crippen molar-refractivity contribution in [2.75, 3.05) is 0 Å². The van der Waals surface area contributed by atoms with E-state index in [2.05, 4.69) is 0 Å². The van der Waals surface area contributed by atoms with Gasteiger partial charge in [-0.25, -0.2) is 12.8 Å². The van der Waals surface area contributed by atoms with Crippen LogP contribution in [0.25, 0.3) is 11.0 Å². The average molecular weight is 249 g/mol. The predicted molar refractivity (Wildman–Crippen MR) is 53.9 cm³/mol. The molecule has 2 aromatic rings. The Bertz CT molecular complexity index is 630. The number of fused-ring (bicyclic) bond motifs is 1. The first kappa shape index (κ1) is 10.4. The average Bonchev–Trinajstić information content (AvgIpc) is 2.44. The molecule has 0 aliphatic carbocycles. The van der Waals surface area contributed by atoms with Crippen LogP contribution in [0.2, 0.25) is 0 Å². The summed E-state index contributed by atoms with van der Waals surface area (Å²) in [6.45, 7) is 1.45. The van der Waals surface area contributed by atoms with Crippen LogP contribution in [0.15, 0.2) is 27.7 Å². The number of benzene rings is 1. The van der Waals surface area contributed by atoms with E-state index in [9.17, 15) is 12.8 Å². The van der Waals surface area contributed by atoms with Crippen LogP contribution in [-0.4, -0.2) is 8.42 Å². The van der Waals surface area contributed by atoms with Gasteiger partial charge in [0.25, 0.3) is 9.05 Å². The Balaban J connectivity index is 2.94. The monoisotopic (exact) mass is 248 g/mol. The van der Waals surface area contributed by atoms with Crippen LogP contribution < -0.4 is 0 Å². The van der Waals surface area contributed by atoms with Gasteiger partial charge in [0.15, 0.2) is 0 Å². The molecular weight excluding hydrogens is 243 g/mol. The molecule has 0 amide bonds. The molecule has 0 unspecified atom stereocenters. The van der Waals surface area contributed by atoms with E-state index in [1.54, 1.807) is 0 Å². The summed E-state index contributed by atoms with van der Waals surface area (Å²) in [7, 11) is 1.17. The normalized spacial score (nSPS) is 12.2. The fourth-order valence-electron chi connectivity index (χ4n) is 1.46. The Morgan fingerprint density at radius 1 is 1.40 bits per heavy atom. The highest BCUT2D eigenvalue weighted by molar-refractivity contribution is 8.13. The number of aryl methyl sites for hydroxylation is 1. The van der Waals surface area contributed by atoms with Crippen LogP contribution in [0.5, 0.6) is 0 Å². The summed E-state index contributed by atoms with van der Waals surface area (Å²) in [5.41, 5.74) is 0.366. The Morgan fingerprint density at radius 2 is 2.07 bits per heavy atom. The smallest absolute Gasteiger partial charge is 0.294 e. The highest BCUT2D eigenvalue weighted by Gasteiger charge is 2.22. The van der Waals surface area contributed by atoms with Gasteiger partial charge in [-0.2, -0.15) is 0 Å². The Labute approximate surface area is 89.9 Å². The lowest BCUT2D eigenvalue weighted by atomic mass is 10.2. The summed E-state index contributed by atoms with van der Waals surface area (Å²) in [5.74, 6) is -0.527. The summed E-state index contributed by atoms with van der Waals surface area (Å²) in [6.07, 6.45) is 0. The number of furan rings is 1. The Kier molecular flexibility index (Phi) is 2.24. The maximum absolute atomic E-state index is 13.4. The van der Waals surface area contributed by atoms with E-state index >= 15 is 0 Å². The van der Waals surface area contributed by atoms with Crippen LogP contribution in [0, 0.1) is 12.7 Å². The third kappa shape index (κ3) is 1.61. The zero-order valence-corrected chi connectivity index (χ0v) is 9.19. The van der Waals surface area contributed by atoms with Crippen LogP contribution in [0.3, 0.4) is 0 Å². The van der Waals surface area contributed by atoms with Crippen LogP contribution in [0.1, 0.15) is 5.56 Å². The van der Waals surface area contributed by atoms with Gasteiger partial charge in [-0.15, -0.1) is 0 Å². The summed E-state index contributed by atoms with van der Waals surface area (Å²) >= 11 is 0. The van der Waals surface area contributed by atoms with Crippen molar-refractivity contribution in [1.29, 1.82) is 0 Å². The van der Waals surface area contributed by atoms with E-state index < -0.39 is 20.0 Å². The Hall–Kier alpha value is -1.07. The number of hydrogen-bond acceptors (Lipinski definition) is 3. The summed E-state index contributed by atoms with van der Waals surface area (Å²) in [6, 6.07) is 4.15. The highest BCUT2D eigenvalue weighted by atomic mass is 35.7. The summed E-state index contributed by atoms with van der Waals surface area (Å²) in [4.78, 5) is 0. The van der Waals surface area contributed by atoms with Crippen molar-refractivity contribution in [2.24, 2.45) is 0 Å². The van der Waals surface area contributed by atoms with Crippen molar-refractivity contribution in [3.8, 4) is 0 Å². The topological polar surface area (TPSA) is 47.3 Å².